The summed E-state index contributed by atoms with van der Waals surface area (Å²) in [7, 11) is 1.71. The van der Waals surface area contributed by atoms with Gasteiger partial charge in [-0.2, -0.15) is 0 Å². The zero-order valence-electron chi connectivity index (χ0n) is 8.46. The van der Waals surface area contributed by atoms with E-state index in [1.165, 1.54) is 0 Å². The fourth-order valence-electron chi connectivity index (χ4n) is 1.13. The van der Waals surface area contributed by atoms with Crippen LogP contribution in [0.4, 0.5) is 5.82 Å². The lowest BCUT2D eigenvalue weighted by Gasteiger charge is -2.16. The Morgan fingerprint density at radius 3 is 2.86 bits per heavy atom. The van der Waals surface area contributed by atoms with E-state index in [1.807, 2.05) is 12.1 Å². The van der Waals surface area contributed by atoms with Crippen LogP contribution in [-0.4, -0.2) is 24.7 Å². The Labute approximate surface area is 93.0 Å². The Balaban J connectivity index is 2.53. The van der Waals surface area contributed by atoms with Crippen molar-refractivity contribution in [2.24, 2.45) is 0 Å². The minimum Gasteiger partial charge on any atom is -0.383 e. The number of aromatic nitrogens is 1. The van der Waals surface area contributed by atoms with E-state index in [0.717, 1.165) is 16.7 Å². The summed E-state index contributed by atoms with van der Waals surface area (Å²) in [5.41, 5.74) is 0. The molecule has 0 aliphatic carbocycles. The molecule has 78 valence electrons. The molecule has 0 aliphatic heterocycles. The van der Waals surface area contributed by atoms with Gasteiger partial charge in [-0.15, -0.1) is 0 Å². The molecular formula is C10H15BrN2O. The highest BCUT2D eigenvalue weighted by molar-refractivity contribution is 9.10. The first-order valence-electron chi connectivity index (χ1n) is 4.63. The lowest BCUT2D eigenvalue weighted by molar-refractivity contribution is 0.184. The van der Waals surface area contributed by atoms with Crippen molar-refractivity contribution in [1.82, 2.24) is 4.98 Å². The van der Waals surface area contributed by atoms with E-state index in [9.17, 15) is 0 Å². The summed E-state index contributed by atoms with van der Waals surface area (Å²) in [6.07, 6.45) is 2.80. The number of halogens is 1. The maximum Gasteiger partial charge on any atom is 0.126 e. The summed E-state index contributed by atoms with van der Waals surface area (Å²) in [6, 6.07) is 4.24. The lowest BCUT2D eigenvalue weighted by Crippen LogP contribution is -2.24. The number of pyridine rings is 1. The first-order valence-corrected chi connectivity index (χ1v) is 5.42. The first-order chi connectivity index (χ1) is 6.76. The molecule has 0 aromatic carbocycles. The van der Waals surface area contributed by atoms with Crippen LogP contribution in [0.1, 0.15) is 13.3 Å². The van der Waals surface area contributed by atoms with Gasteiger partial charge < -0.3 is 10.1 Å². The Kier molecular flexibility index (Phi) is 4.90. The van der Waals surface area contributed by atoms with Crippen molar-refractivity contribution >= 4 is 21.7 Å². The summed E-state index contributed by atoms with van der Waals surface area (Å²) in [4.78, 5) is 4.23. The van der Waals surface area contributed by atoms with Gasteiger partial charge in [0.05, 0.1) is 12.6 Å². The molecule has 0 fully saturated rings. The summed E-state index contributed by atoms with van der Waals surface area (Å²) in [6.45, 7) is 2.82. The summed E-state index contributed by atoms with van der Waals surface area (Å²) in [5.74, 6) is 0.886. The van der Waals surface area contributed by atoms with E-state index in [0.29, 0.717) is 12.6 Å². The summed E-state index contributed by atoms with van der Waals surface area (Å²) in [5, 5.41) is 3.30. The van der Waals surface area contributed by atoms with Crippen LogP contribution in [0.5, 0.6) is 0 Å². The van der Waals surface area contributed by atoms with E-state index in [-0.39, 0.29) is 0 Å². The highest BCUT2D eigenvalue weighted by Crippen LogP contribution is 2.11. The van der Waals surface area contributed by atoms with E-state index in [2.05, 4.69) is 33.2 Å². The van der Waals surface area contributed by atoms with Crippen LogP contribution < -0.4 is 5.32 Å². The second-order valence-electron chi connectivity index (χ2n) is 3.07. The zero-order valence-corrected chi connectivity index (χ0v) is 10.0. The first kappa shape index (κ1) is 11.5. The minimum atomic E-state index is 0.327. The molecule has 1 heterocycles. The fourth-order valence-corrected chi connectivity index (χ4v) is 1.37. The monoisotopic (exact) mass is 258 g/mol. The van der Waals surface area contributed by atoms with Crippen molar-refractivity contribution < 1.29 is 4.74 Å². The van der Waals surface area contributed by atoms with Crippen LogP contribution >= 0.6 is 15.9 Å². The van der Waals surface area contributed by atoms with Gasteiger partial charge in [0.15, 0.2) is 0 Å². The van der Waals surface area contributed by atoms with Crippen molar-refractivity contribution in [2.45, 2.75) is 19.4 Å². The van der Waals surface area contributed by atoms with Crippen LogP contribution in [0.2, 0.25) is 0 Å². The van der Waals surface area contributed by atoms with Gasteiger partial charge in [-0.3, -0.25) is 0 Å². The number of ether oxygens (including phenoxy) is 1. The molecule has 0 saturated carbocycles. The topological polar surface area (TPSA) is 34.1 Å². The molecule has 1 aromatic rings. The molecule has 1 aromatic heterocycles. The maximum atomic E-state index is 5.09. The molecule has 1 N–H and O–H groups in total. The number of anilines is 1. The Hall–Kier alpha value is -0.610. The zero-order chi connectivity index (χ0) is 10.4. The van der Waals surface area contributed by atoms with Crippen LogP contribution in [0.25, 0.3) is 0 Å². The number of methoxy groups -OCH3 is 1. The molecule has 1 unspecified atom stereocenters. The molecule has 4 heteroatoms. The van der Waals surface area contributed by atoms with Crippen LogP contribution in [0.3, 0.4) is 0 Å². The third-order valence-corrected chi connectivity index (χ3v) is 2.41. The number of hydrogen-bond acceptors (Lipinski definition) is 3. The largest absolute Gasteiger partial charge is 0.383 e. The molecule has 3 nitrogen and oxygen atoms in total. The number of rotatable bonds is 5. The molecule has 1 rings (SSSR count). The standard InChI is InChI=1S/C10H15BrN2O/c1-3-9(7-14-2)13-10-5-4-8(11)6-12-10/h4-6,9H,3,7H2,1-2H3,(H,12,13). The van der Waals surface area contributed by atoms with Crippen molar-refractivity contribution in [3.8, 4) is 0 Å². The van der Waals surface area contributed by atoms with Crippen LogP contribution in [-0.2, 0) is 4.74 Å². The van der Waals surface area contributed by atoms with Gasteiger partial charge in [0.1, 0.15) is 5.82 Å². The highest BCUT2D eigenvalue weighted by Gasteiger charge is 2.05. The van der Waals surface area contributed by atoms with E-state index in [4.69, 9.17) is 4.74 Å². The van der Waals surface area contributed by atoms with E-state index < -0.39 is 0 Å². The summed E-state index contributed by atoms with van der Waals surface area (Å²) < 4.78 is 6.08. The minimum absolute atomic E-state index is 0.327. The second kappa shape index (κ2) is 5.98. The number of hydrogen-bond donors (Lipinski definition) is 1. The van der Waals surface area contributed by atoms with Gasteiger partial charge in [0, 0.05) is 17.8 Å². The molecule has 0 amide bonds. The third kappa shape index (κ3) is 3.64. The quantitative estimate of drug-likeness (QED) is 0.882. The van der Waals surface area contributed by atoms with Crippen molar-refractivity contribution in [2.75, 3.05) is 19.0 Å². The molecule has 0 spiro atoms. The smallest absolute Gasteiger partial charge is 0.126 e. The van der Waals surface area contributed by atoms with Gasteiger partial charge in [-0.25, -0.2) is 4.98 Å². The van der Waals surface area contributed by atoms with Crippen molar-refractivity contribution in [3.05, 3.63) is 22.8 Å². The fraction of sp³-hybridized carbons (Fsp3) is 0.500. The second-order valence-corrected chi connectivity index (χ2v) is 3.98. The average molecular weight is 259 g/mol. The Bertz CT molecular complexity index is 263. The number of nitrogens with zero attached hydrogens (tertiary/aromatic N) is 1. The van der Waals surface area contributed by atoms with Gasteiger partial charge >= 0.3 is 0 Å². The molecular weight excluding hydrogens is 244 g/mol. The predicted octanol–water partition coefficient (Wildman–Crippen LogP) is 2.68. The lowest BCUT2D eigenvalue weighted by atomic mass is 10.2. The Morgan fingerprint density at radius 2 is 2.36 bits per heavy atom. The molecule has 0 saturated heterocycles. The van der Waals surface area contributed by atoms with Crippen molar-refractivity contribution in [3.63, 3.8) is 0 Å². The van der Waals surface area contributed by atoms with Gasteiger partial charge in [-0.05, 0) is 34.5 Å². The molecule has 14 heavy (non-hydrogen) atoms. The normalized spacial score (nSPS) is 12.5. The molecule has 1 atom stereocenters. The van der Waals surface area contributed by atoms with Crippen LogP contribution in [0.15, 0.2) is 22.8 Å². The van der Waals surface area contributed by atoms with E-state index in [1.54, 1.807) is 13.3 Å². The maximum absolute atomic E-state index is 5.09. The van der Waals surface area contributed by atoms with Crippen molar-refractivity contribution in [1.29, 1.82) is 0 Å². The predicted molar refractivity (Wildman–Crippen MR) is 61.5 cm³/mol. The highest BCUT2D eigenvalue weighted by atomic mass is 79.9. The molecule has 0 bridgehead atoms. The van der Waals surface area contributed by atoms with Crippen LogP contribution in [0, 0.1) is 0 Å². The van der Waals surface area contributed by atoms with Gasteiger partial charge in [0.25, 0.3) is 0 Å². The Morgan fingerprint density at radius 1 is 1.57 bits per heavy atom. The summed E-state index contributed by atoms with van der Waals surface area (Å²) >= 11 is 3.34. The SMILES string of the molecule is CCC(COC)Nc1ccc(Br)cn1. The average Bonchev–Trinajstić information content (AvgIpc) is 2.20. The molecule has 0 aliphatic rings. The van der Waals surface area contributed by atoms with E-state index >= 15 is 0 Å². The number of nitrogens with one attached hydrogen (secondary N) is 1. The molecule has 0 radical (unpaired) electrons. The van der Waals surface area contributed by atoms with Gasteiger partial charge in [-0.1, -0.05) is 6.92 Å². The third-order valence-electron chi connectivity index (χ3n) is 1.94. The van der Waals surface area contributed by atoms with Gasteiger partial charge in [0.2, 0.25) is 0 Å².